The maximum absolute atomic E-state index is 14.3. The van der Waals surface area contributed by atoms with Crippen LogP contribution < -0.4 is 10.1 Å². The van der Waals surface area contributed by atoms with Crippen molar-refractivity contribution in [2.75, 3.05) is 18.2 Å². The first-order valence-corrected chi connectivity index (χ1v) is 10.7. The van der Waals surface area contributed by atoms with E-state index in [1.165, 1.54) is 43.1 Å². The molecule has 0 saturated carbocycles. The van der Waals surface area contributed by atoms with Crippen molar-refractivity contribution in [1.82, 2.24) is 14.8 Å². The minimum Gasteiger partial charge on any atom is -0.494 e. The van der Waals surface area contributed by atoms with Crippen LogP contribution in [0.5, 0.6) is 5.75 Å². The fourth-order valence-electron chi connectivity index (χ4n) is 2.98. The molecule has 0 aliphatic carbocycles. The minimum absolute atomic E-state index is 0.00758. The molecule has 9 nitrogen and oxygen atoms in total. The number of carbonyl (C=O) groups excluding carboxylic acids is 1. The van der Waals surface area contributed by atoms with Crippen molar-refractivity contribution in [3.63, 3.8) is 0 Å². The zero-order valence-corrected chi connectivity index (χ0v) is 18.6. The lowest BCUT2D eigenvalue weighted by Crippen LogP contribution is -2.16. The molecule has 0 fully saturated rings. The quantitative estimate of drug-likeness (QED) is 0.287. The van der Waals surface area contributed by atoms with Crippen molar-refractivity contribution in [3.05, 3.63) is 58.4 Å². The van der Waals surface area contributed by atoms with Gasteiger partial charge in [0.25, 0.3) is 5.69 Å². The normalized spacial score (nSPS) is 10.9. The van der Waals surface area contributed by atoms with E-state index in [2.05, 4.69) is 15.5 Å². The van der Waals surface area contributed by atoms with E-state index < -0.39 is 10.7 Å². The van der Waals surface area contributed by atoms with Gasteiger partial charge in [0, 0.05) is 12.6 Å². The van der Waals surface area contributed by atoms with Gasteiger partial charge in [-0.3, -0.25) is 14.9 Å². The van der Waals surface area contributed by atoms with Crippen molar-refractivity contribution >= 4 is 29.0 Å². The molecule has 11 heteroatoms. The first kappa shape index (κ1) is 23.2. The van der Waals surface area contributed by atoms with Crippen LogP contribution in [-0.4, -0.2) is 38.5 Å². The van der Waals surface area contributed by atoms with Gasteiger partial charge in [0.1, 0.15) is 11.6 Å². The Balaban J connectivity index is 1.76. The third-order valence-electron chi connectivity index (χ3n) is 4.38. The SMILES string of the molecule is COc1cc([N+](=O)[O-])ccc1NC(=O)CSc1nnc(-c2ccccc2F)n1CC(C)C. The Labute approximate surface area is 188 Å². The van der Waals surface area contributed by atoms with Crippen LogP contribution in [-0.2, 0) is 11.3 Å². The number of nitrogens with zero attached hydrogens (tertiary/aromatic N) is 4. The number of carbonyl (C=O) groups is 1. The van der Waals surface area contributed by atoms with E-state index >= 15 is 0 Å². The topological polar surface area (TPSA) is 112 Å². The van der Waals surface area contributed by atoms with E-state index in [1.54, 1.807) is 22.8 Å². The van der Waals surface area contributed by atoms with Gasteiger partial charge in [0.05, 0.1) is 35.1 Å². The summed E-state index contributed by atoms with van der Waals surface area (Å²) in [4.78, 5) is 22.9. The Morgan fingerprint density at radius 3 is 2.69 bits per heavy atom. The third kappa shape index (κ3) is 5.41. The van der Waals surface area contributed by atoms with Crippen LogP contribution in [0.1, 0.15) is 13.8 Å². The summed E-state index contributed by atoms with van der Waals surface area (Å²) < 4.78 is 21.2. The van der Waals surface area contributed by atoms with Gasteiger partial charge in [0.2, 0.25) is 5.91 Å². The Kier molecular flexibility index (Phi) is 7.41. The molecule has 0 aliphatic rings. The number of anilines is 1. The van der Waals surface area contributed by atoms with Gasteiger partial charge >= 0.3 is 0 Å². The summed E-state index contributed by atoms with van der Waals surface area (Å²) in [5.74, 6) is 0.0829. The van der Waals surface area contributed by atoms with Crippen molar-refractivity contribution in [3.8, 4) is 17.1 Å². The van der Waals surface area contributed by atoms with Crippen molar-refractivity contribution in [2.24, 2.45) is 5.92 Å². The molecule has 0 atom stereocenters. The van der Waals surface area contributed by atoms with Crippen LogP contribution in [0.4, 0.5) is 15.8 Å². The highest BCUT2D eigenvalue weighted by molar-refractivity contribution is 7.99. The molecule has 0 bridgehead atoms. The maximum Gasteiger partial charge on any atom is 0.273 e. The zero-order valence-electron chi connectivity index (χ0n) is 17.7. The largest absolute Gasteiger partial charge is 0.494 e. The van der Waals surface area contributed by atoms with Gasteiger partial charge in [-0.25, -0.2) is 4.39 Å². The van der Waals surface area contributed by atoms with Gasteiger partial charge in [-0.2, -0.15) is 0 Å². The highest BCUT2D eigenvalue weighted by atomic mass is 32.2. The molecule has 168 valence electrons. The molecule has 0 saturated heterocycles. The molecule has 1 amide bonds. The second-order valence-electron chi connectivity index (χ2n) is 7.27. The number of hydrogen-bond acceptors (Lipinski definition) is 7. The molecule has 3 aromatic rings. The van der Waals surface area contributed by atoms with Gasteiger partial charge in [-0.05, 0) is 24.1 Å². The predicted molar refractivity (Wildman–Crippen MR) is 119 cm³/mol. The molecule has 0 spiro atoms. The number of methoxy groups -OCH3 is 1. The molecule has 2 aromatic carbocycles. The van der Waals surface area contributed by atoms with Crippen molar-refractivity contribution in [2.45, 2.75) is 25.5 Å². The number of thioether (sulfide) groups is 1. The lowest BCUT2D eigenvalue weighted by Gasteiger charge is -2.13. The molecule has 3 rings (SSSR count). The molecule has 0 aliphatic heterocycles. The summed E-state index contributed by atoms with van der Waals surface area (Å²) >= 11 is 1.17. The highest BCUT2D eigenvalue weighted by Gasteiger charge is 2.19. The number of amides is 1. The van der Waals surface area contributed by atoms with Gasteiger partial charge in [-0.1, -0.05) is 37.7 Å². The van der Waals surface area contributed by atoms with Gasteiger partial charge in [-0.15, -0.1) is 10.2 Å². The Morgan fingerprint density at radius 2 is 2.03 bits per heavy atom. The fraction of sp³-hybridized carbons (Fsp3) is 0.286. The second-order valence-corrected chi connectivity index (χ2v) is 8.21. The smallest absolute Gasteiger partial charge is 0.273 e. The number of rotatable bonds is 9. The summed E-state index contributed by atoms with van der Waals surface area (Å²) in [5, 5.41) is 22.4. The highest BCUT2D eigenvalue weighted by Crippen LogP contribution is 2.30. The first-order chi connectivity index (χ1) is 15.3. The zero-order chi connectivity index (χ0) is 23.3. The number of non-ortho nitro benzene ring substituents is 1. The summed E-state index contributed by atoms with van der Waals surface area (Å²) in [7, 11) is 1.36. The number of ether oxygens (including phenoxy) is 1. The lowest BCUT2D eigenvalue weighted by atomic mass is 10.2. The monoisotopic (exact) mass is 459 g/mol. The molecule has 1 N–H and O–H groups in total. The average Bonchev–Trinajstić information content (AvgIpc) is 3.14. The number of benzene rings is 2. The summed E-state index contributed by atoms with van der Waals surface area (Å²) in [6.45, 7) is 4.59. The molecule has 0 radical (unpaired) electrons. The van der Waals surface area contributed by atoms with E-state index in [9.17, 15) is 19.3 Å². The summed E-state index contributed by atoms with van der Waals surface area (Å²) in [6.07, 6.45) is 0. The summed E-state index contributed by atoms with van der Waals surface area (Å²) in [5.41, 5.74) is 0.517. The van der Waals surface area contributed by atoms with E-state index in [-0.39, 0.29) is 29.0 Å². The van der Waals surface area contributed by atoms with Gasteiger partial charge in [0.15, 0.2) is 11.0 Å². The Bertz CT molecular complexity index is 1140. The van der Waals surface area contributed by atoms with Crippen molar-refractivity contribution < 1.29 is 18.8 Å². The van der Waals surface area contributed by atoms with Crippen LogP contribution >= 0.6 is 11.8 Å². The first-order valence-electron chi connectivity index (χ1n) is 9.73. The van der Waals surface area contributed by atoms with Crippen LogP contribution in [0.3, 0.4) is 0 Å². The van der Waals surface area contributed by atoms with Crippen LogP contribution in [0.2, 0.25) is 0 Å². The number of nitrogens with one attached hydrogen (secondary N) is 1. The van der Waals surface area contributed by atoms with Crippen molar-refractivity contribution in [1.29, 1.82) is 0 Å². The molecule has 1 aromatic heterocycles. The number of hydrogen-bond donors (Lipinski definition) is 1. The van der Waals surface area contributed by atoms with E-state index in [0.717, 1.165) is 0 Å². The van der Waals surface area contributed by atoms with Crippen LogP contribution in [0, 0.1) is 21.8 Å². The molecule has 1 heterocycles. The maximum atomic E-state index is 14.3. The van der Waals surface area contributed by atoms with E-state index in [1.807, 2.05) is 13.8 Å². The molecule has 32 heavy (non-hydrogen) atoms. The fourth-order valence-corrected chi connectivity index (χ4v) is 3.73. The van der Waals surface area contributed by atoms with E-state index in [0.29, 0.717) is 28.8 Å². The summed E-state index contributed by atoms with van der Waals surface area (Å²) in [6, 6.07) is 10.3. The number of halogens is 1. The number of nitro benzene ring substituents is 1. The minimum atomic E-state index is -0.543. The third-order valence-corrected chi connectivity index (χ3v) is 5.35. The molecular weight excluding hydrogens is 437 g/mol. The predicted octanol–water partition coefficient (Wildman–Crippen LogP) is 4.39. The molecular formula is C21H22FN5O4S. The Morgan fingerprint density at radius 1 is 1.28 bits per heavy atom. The number of aromatic nitrogens is 3. The average molecular weight is 460 g/mol. The standard InChI is InChI=1S/C21H22FN5O4S/c1-13(2)11-26-20(15-6-4-5-7-16(15)22)24-25-21(26)32-12-19(28)23-17-9-8-14(27(29)30)10-18(17)31-3/h4-10,13H,11-12H2,1-3H3,(H,23,28). The Hall–Kier alpha value is -3.47. The van der Waals surface area contributed by atoms with Gasteiger partial charge < -0.3 is 14.6 Å². The van der Waals surface area contributed by atoms with E-state index in [4.69, 9.17) is 4.74 Å². The van der Waals surface area contributed by atoms with Crippen LogP contribution in [0.25, 0.3) is 11.4 Å². The lowest BCUT2D eigenvalue weighted by molar-refractivity contribution is -0.384. The second kappa shape index (κ2) is 10.2. The van der Waals surface area contributed by atoms with Crippen LogP contribution in [0.15, 0.2) is 47.6 Å². The number of nitro groups is 1. The molecule has 0 unspecified atom stereocenters.